The largest absolute Gasteiger partial charge is 0.394 e. The molecule has 2 aliphatic rings. The second kappa shape index (κ2) is 3.32. The summed E-state index contributed by atoms with van der Waals surface area (Å²) in [6.07, 6.45) is 4.91. The summed E-state index contributed by atoms with van der Waals surface area (Å²) in [5.74, 6) is 0. The van der Waals surface area contributed by atoms with Crippen LogP contribution in [0, 0.1) is 0 Å². The zero-order valence-electron chi connectivity index (χ0n) is 7.38. The van der Waals surface area contributed by atoms with Gasteiger partial charge in [0.25, 0.3) is 0 Å². The minimum absolute atomic E-state index is 0.0359. The van der Waals surface area contributed by atoms with Crippen LogP contribution in [-0.4, -0.2) is 36.5 Å². The molecular formula is C9H17NO2. The molecule has 2 N–H and O–H groups in total. The van der Waals surface area contributed by atoms with Crippen LogP contribution in [0.15, 0.2) is 0 Å². The lowest BCUT2D eigenvalue weighted by atomic mass is 9.89. The molecule has 1 saturated heterocycles. The molecule has 1 spiro atoms. The molecule has 3 nitrogen and oxygen atoms in total. The van der Waals surface area contributed by atoms with E-state index in [0.29, 0.717) is 0 Å². The van der Waals surface area contributed by atoms with Crippen LogP contribution in [0.1, 0.15) is 25.7 Å². The monoisotopic (exact) mass is 171 g/mol. The predicted molar refractivity (Wildman–Crippen MR) is 46.0 cm³/mol. The molecule has 2 rings (SSSR count). The van der Waals surface area contributed by atoms with E-state index in [1.165, 1.54) is 12.8 Å². The van der Waals surface area contributed by atoms with E-state index >= 15 is 0 Å². The van der Waals surface area contributed by atoms with Crippen molar-refractivity contribution < 1.29 is 9.84 Å². The maximum Gasteiger partial charge on any atom is 0.0987 e. The molecule has 0 radical (unpaired) electrons. The summed E-state index contributed by atoms with van der Waals surface area (Å²) >= 11 is 0. The minimum atomic E-state index is 0.0359. The van der Waals surface area contributed by atoms with Crippen LogP contribution in [0.25, 0.3) is 0 Å². The van der Waals surface area contributed by atoms with Gasteiger partial charge in [-0.05, 0) is 12.8 Å². The lowest BCUT2D eigenvalue weighted by molar-refractivity contribution is -0.0739. The van der Waals surface area contributed by atoms with Gasteiger partial charge in [0.2, 0.25) is 0 Å². The molecule has 1 atom stereocenters. The van der Waals surface area contributed by atoms with Gasteiger partial charge in [-0.15, -0.1) is 0 Å². The molecule has 0 aromatic carbocycles. The quantitative estimate of drug-likeness (QED) is 0.595. The molecule has 0 bridgehead atoms. The molecule has 2 fully saturated rings. The molecule has 1 aliphatic carbocycles. The van der Waals surface area contributed by atoms with Crippen LogP contribution in [0.3, 0.4) is 0 Å². The fourth-order valence-electron chi connectivity index (χ4n) is 2.51. The molecule has 0 aromatic heterocycles. The number of aliphatic hydroxyl groups excluding tert-OH is 1. The van der Waals surface area contributed by atoms with Gasteiger partial charge >= 0.3 is 0 Å². The Morgan fingerprint density at radius 2 is 2.17 bits per heavy atom. The zero-order chi connectivity index (χ0) is 8.44. The van der Waals surface area contributed by atoms with Gasteiger partial charge in [-0.3, -0.25) is 0 Å². The molecule has 70 valence electrons. The summed E-state index contributed by atoms with van der Waals surface area (Å²) < 4.78 is 5.55. The van der Waals surface area contributed by atoms with Gasteiger partial charge < -0.3 is 15.2 Å². The predicted octanol–water partition coefficient (Wildman–Crippen LogP) is 0.280. The Bertz CT molecular complexity index is 155. The van der Waals surface area contributed by atoms with Gasteiger partial charge in [0.15, 0.2) is 0 Å². The molecule has 1 aliphatic heterocycles. The number of nitrogens with one attached hydrogen (secondary N) is 1. The van der Waals surface area contributed by atoms with E-state index in [1.807, 2.05) is 0 Å². The minimum Gasteiger partial charge on any atom is -0.394 e. The topological polar surface area (TPSA) is 41.5 Å². The summed E-state index contributed by atoms with van der Waals surface area (Å²) in [5, 5.41) is 12.7. The van der Waals surface area contributed by atoms with Crippen LogP contribution in [0.4, 0.5) is 0 Å². The van der Waals surface area contributed by atoms with Crippen molar-refractivity contribution in [2.75, 3.05) is 19.8 Å². The normalized spacial score (nSPS) is 34.2. The average Bonchev–Trinajstić information content (AvgIpc) is 2.55. The number of hydrogen-bond donors (Lipinski definition) is 2. The fourth-order valence-corrected chi connectivity index (χ4v) is 2.51. The molecule has 1 saturated carbocycles. The number of ether oxygens (including phenoxy) is 1. The first-order valence-corrected chi connectivity index (χ1v) is 4.85. The van der Waals surface area contributed by atoms with E-state index < -0.39 is 0 Å². The Balaban J connectivity index is 2.07. The van der Waals surface area contributed by atoms with Crippen molar-refractivity contribution in [1.82, 2.24) is 5.32 Å². The van der Waals surface area contributed by atoms with Crippen LogP contribution >= 0.6 is 0 Å². The Morgan fingerprint density at radius 1 is 1.42 bits per heavy atom. The average molecular weight is 171 g/mol. The molecule has 3 heteroatoms. The zero-order valence-corrected chi connectivity index (χ0v) is 7.38. The number of hydrogen-bond acceptors (Lipinski definition) is 3. The van der Waals surface area contributed by atoms with E-state index in [4.69, 9.17) is 9.84 Å². The van der Waals surface area contributed by atoms with Crippen molar-refractivity contribution in [3.8, 4) is 0 Å². The van der Waals surface area contributed by atoms with E-state index in [2.05, 4.69) is 5.32 Å². The lowest BCUT2D eigenvalue weighted by Crippen LogP contribution is -2.59. The third-order valence-electron chi connectivity index (χ3n) is 3.18. The third-order valence-corrected chi connectivity index (χ3v) is 3.18. The first-order chi connectivity index (χ1) is 5.87. The van der Waals surface area contributed by atoms with Crippen LogP contribution in [0.5, 0.6) is 0 Å². The van der Waals surface area contributed by atoms with Crippen molar-refractivity contribution in [2.24, 2.45) is 0 Å². The van der Waals surface area contributed by atoms with Crippen molar-refractivity contribution in [3.05, 3.63) is 0 Å². The summed E-state index contributed by atoms with van der Waals surface area (Å²) in [5.41, 5.74) is 0.118. The van der Waals surface area contributed by atoms with E-state index in [1.54, 1.807) is 0 Å². The first kappa shape index (κ1) is 8.48. The van der Waals surface area contributed by atoms with Gasteiger partial charge in [0.1, 0.15) is 0 Å². The molecule has 0 aromatic rings. The van der Waals surface area contributed by atoms with Gasteiger partial charge in [0, 0.05) is 12.1 Å². The van der Waals surface area contributed by atoms with E-state index in [9.17, 15) is 0 Å². The molecule has 0 amide bonds. The van der Waals surface area contributed by atoms with Gasteiger partial charge in [-0.25, -0.2) is 0 Å². The molecule has 1 heterocycles. The van der Waals surface area contributed by atoms with Gasteiger partial charge in [-0.2, -0.15) is 0 Å². The summed E-state index contributed by atoms with van der Waals surface area (Å²) in [6.45, 7) is 1.84. The summed E-state index contributed by atoms with van der Waals surface area (Å²) in [4.78, 5) is 0. The number of rotatable bonds is 1. The standard InChI is InChI=1S/C9H17NO2/c11-7-8-9(3-1-2-4-9)10-5-6-12-8/h8,10-11H,1-7H2. The molecule has 12 heavy (non-hydrogen) atoms. The maximum atomic E-state index is 9.15. The van der Waals surface area contributed by atoms with Crippen molar-refractivity contribution in [1.29, 1.82) is 0 Å². The Hall–Kier alpha value is -0.120. The highest BCUT2D eigenvalue weighted by molar-refractivity contribution is 5.00. The van der Waals surface area contributed by atoms with Gasteiger partial charge in [0.05, 0.1) is 19.3 Å². The number of morpholine rings is 1. The molecule has 1 unspecified atom stereocenters. The highest BCUT2D eigenvalue weighted by Gasteiger charge is 2.43. The first-order valence-electron chi connectivity index (χ1n) is 4.85. The van der Waals surface area contributed by atoms with Crippen molar-refractivity contribution >= 4 is 0 Å². The van der Waals surface area contributed by atoms with Gasteiger partial charge in [-0.1, -0.05) is 12.8 Å². The third kappa shape index (κ3) is 1.26. The SMILES string of the molecule is OCC1OCCNC12CCCC2. The Morgan fingerprint density at radius 3 is 2.83 bits per heavy atom. The Kier molecular flexibility index (Phi) is 2.35. The van der Waals surface area contributed by atoms with Crippen molar-refractivity contribution in [2.45, 2.75) is 37.3 Å². The second-order valence-corrected chi connectivity index (χ2v) is 3.83. The van der Waals surface area contributed by atoms with E-state index in [-0.39, 0.29) is 18.2 Å². The highest BCUT2D eigenvalue weighted by Crippen LogP contribution is 2.35. The number of aliphatic hydroxyl groups is 1. The summed E-state index contributed by atoms with van der Waals surface area (Å²) in [6, 6.07) is 0. The molecular weight excluding hydrogens is 154 g/mol. The maximum absolute atomic E-state index is 9.15. The van der Waals surface area contributed by atoms with Crippen LogP contribution in [0.2, 0.25) is 0 Å². The van der Waals surface area contributed by atoms with Crippen molar-refractivity contribution in [3.63, 3.8) is 0 Å². The smallest absolute Gasteiger partial charge is 0.0987 e. The van der Waals surface area contributed by atoms with Crippen LogP contribution < -0.4 is 5.32 Å². The second-order valence-electron chi connectivity index (χ2n) is 3.83. The lowest BCUT2D eigenvalue weighted by Gasteiger charge is -2.41. The summed E-state index contributed by atoms with van der Waals surface area (Å²) in [7, 11) is 0. The highest BCUT2D eigenvalue weighted by atomic mass is 16.5. The van der Waals surface area contributed by atoms with E-state index in [0.717, 1.165) is 26.0 Å². The Labute approximate surface area is 73.1 Å². The fraction of sp³-hybridized carbons (Fsp3) is 1.00. The van der Waals surface area contributed by atoms with Crippen LogP contribution in [-0.2, 0) is 4.74 Å².